The van der Waals surface area contributed by atoms with E-state index in [4.69, 9.17) is 23.1 Å². The van der Waals surface area contributed by atoms with Gasteiger partial charge in [-0.15, -0.1) is 0 Å². The lowest BCUT2D eigenvalue weighted by molar-refractivity contribution is -0.141. The summed E-state index contributed by atoms with van der Waals surface area (Å²) in [6.45, 7) is 3.82. The Morgan fingerprint density at radius 2 is 1.76 bits per heavy atom. The Bertz CT molecular complexity index is 699. The molecule has 0 saturated carbocycles. The highest BCUT2D eigenvalue weighted by atomic mass is 32.1. The van der Waals surface area contributed by atoms with Crippen LogP contribution in [0.1, 0.15) is 38.7 Å². The second kappa shape index (κ2) is 12.8. The molecule has 6 N–H and O–H groups in total. The molecule has 160 valence electrons. The van der Waals surface area contributed by atoms with Crippen molar-refractivity contribution in [3.05, 3.63) is 35.9 Å². The maximum Gasteiger partial charge on any atom is 0.325 e. The fourth-order valence-electron chi connectivity index (χ4n) is 2.62. The Balaban J connectivity index is 2.67. The number of amides is 2. The molecule has 1 aromatic carbocycles. The number of rotatable bonds is 12. The van der Waals surface area contributed by atoms with Crippen LogP contribution in [0.2, 0.25) is 0 Å². The molecule has 3 atom stereocenters. The van der Waals surface area contributed by atoms with E-state index in [0.717, 1.165) is 12.0 Å². The number of thiocarbonyl (C=S) groups is 1. The highest BCUT2D eigenvalue weighted by Gasteiger charge is 2.26. The molecule has 0 aliphatic rings. The van der Waals surface area contributed by atoms with Gasteiger partial charge in [-0.1, -0.05) is 42.5 Å². The van der Waals surface area contributed by atoms with Crippen LogP contribution in [-0.2, 0) is 20.8 Å². The number of nitrogens with one attached hydrogen (secondary N) is 3. The summed E-state index contributed by atoms with van der Waals surface area (Å²) in [5.74, 6) is -2.14. The number of carbonyl (C=O) groups excluding carboxylic acids is 2. The fourth-order valence-corrected chi connectivity index (χ4v) is 2.72. The topological polar surface area (TPSA) is 134 Å². The van der Waals surface area contributed by atoms with E-state index < -0.39 is 35.9 Å². The largest absolute Gasteiger partial charge is 0.480 e. The summed E-state index contributed by atoms with van der Waals surface area (Å²) in [6, 6.07) is 6.61. The molecule has 0 bridgehead atoms. The zero-order valence-electron chi connectivity index (χ0n) is 16.8. The second-order valence-corrected chi connectivity index (χ2v) is 7.52. The summed E-state index contributed by atoms with van der Waals surface area (Å²) in [5, 5.41) is 17.1. The zero-order valence-corrected chi connectivity index (χ0v) is 17.6. The van der Waals surface area contributed by atoms with Crippen LogP contribution in [0.3, 0.4) is 0 Å². The summed E-state index contributed by atoms with van der Waals surface area (Å²) in [5.41, 5.74) is 6.91. The summed E-state index contributed by atoms with van der Waals surface area (Å²) in [6.07, 6.45) is 2.09. The lowest BCUT2D eigenvalue weighted by Crippen LogP contribution is -2.54. The molecule has 0 aromatic heterocycles. The van der Waals surface area contributed by atoms with Crippen molar-refractivity contribution < 1.29 is 19.5 Å². The van der Waals surface area contributed by atoms with Gasteiger partial charge in [0.2, 0.25) is 11.8 Å². The van der Waals surface area contributed by atoms with Crippen LogP contribution in [0.4, 0.5) is 0 Å². The van der Waals surface area contributed by atoms with Gasteiger partial charge in [-0.25, -0.2) is 0 Å². The number of aliphatic carboxylic acids is 1. The van der Waals surface area contributed by atoms with Crippen molar-refractivity contribution in [1.82, 2.24) is 16.0 Å². The molecule has 2 amide bonds. The van der Waals surface area contributed by atoms with Crippen molar-refractivity contribution in [2.45, 2.75) is 57.7 Å². The van der Waals surface area contributed by atoms with Crippen LogP contribution < -0.4 is 21.7 Å². The van der Waals surface area contributed by atoms with E-state index in [1.165, 1.54) is 6.92 Å². The molecule has 9 heteroatoms. The first-order chi connectivity index (χ1) is 13.7. The van der Waals surface area contributed by atoms with Crippen molar-refractivity contribution in [2.75, 3.05) is 6.54 Å². The Labute approximate surface area is 176 Å². The first-order valence-electron chi connectivity index (χ1n) is 9.58. The molecule has 0 aliphatic carbocycles. The quantitative estimate of drug-likeness (QED) is 0.248. The van der Waals surface area contributed by atoms with Gasteiger partial charge in [0.25, 0.3) is 0 Å². The van der Waals surface area contributed by atoms with Crippen molar-refractivity contribution >= 4 is 35.0 Å². The van der Waals surface area contributed by atoms with Crippen molar-refractivity contribution in [3.8, 4) is 0 Å². The van der Waals surface area contributed by atoms with E-state index in [0.29, 0.717) is 30.8 Å². The Morgan fingerprint density at radius 3 is 2.34 bits per heavy atom. The molecule has 0 unspecified atom stereocenters. The minimum absolute atomic E-state index is 0.338. The van der Waals surface area contributed by atoms with Gasteiger partial charge in [0.05, 0.1) is 11.0 Å². The number of hydrogen-bond donors (Lipinski definition) is 5. The first kappa shape index (κ1) is 24.5. The van der Waals surface area contributed by atoms with E-state index in [9.17, 15) is 14.4 Å². The summed E-state index contributed by atoms with van der Waals surface area (Å²) in [4.78, 5) is 36.7. The third kappa shape index (κ3) is 10.00. The number of unbranched alkanes of at least 4 members (excludes halogenated alkanes) is 1. The lowest BCUT2D eigenvalue weighted by Gasteiger charge is -2.22. The van der Waals surface area contributed by atoms with Gasteiger partial charge in [0.1, 0.15) is 12.1 Å². The molecular formula is C20H30N4O4S. The first-order valence-corrected chi connectivity index (χ1v) is 9.99. The fraction of sp³-hybridized carbons (Fsp3) is 0.500. The van der Waals surface area contributed by atoms with E-state index in [2.05, 4.69) is 16.0 Å². The molecule has 0 radical (unpaired) electrons. The molecule has 8 nitrogen and oxygen atoms in total. The molecule has 29 heavy (non-hydrogen) atoms. The minimum Gasteiger partial charge on any atom is -0.480 e. The molecule has 0 spiro atoms. The Hall–Kier alpha value is -2.52. The Morgan fingerprint density at radius 1 is 1.10 bits per heavy atom. The van der Waals surface area contributed by atoms with Gasteiger partial charge in [0, 0.05) is 6.54 Å². The summed E-state index contributed by atoms with van der Waals surface area (Å²) in [7, 11) is 0. The van der Waals surface area contributed by atoms with Crippen molar-refractivity contribution in [3.63, 3.8) is 0 Å². The van der Waals surface area contributed by atoms with Gasteiger partial charge in [-0.2, -0.15) is 0 Å². The maximum absolute atomic E-state index is 12.5. The van der Waals surface area contributed by atoms with Crippen LogP contribution >= 0.6 is 12.2 Å². The highest BCUT2D eigenvalue weighted by Crippen LogP contribution is 2.05. The molecule has 0 saturated heterocycles. The standard InChI is InChI=1S/C20H30N4O4S/c1-13(20(27)28)23-19(26)17(10-6-7-11-22-14(2)29)24-18(25)16(21)12-15-8-4-3-5-9-15/h3-5,8-9,13,16-17H,6-7,10-12,21H2,1-2H3,(H,22,29)(H,23,26)(H,24,25)(H,27,28)/t13-,16+,17-/m0/s1. The molecule has 0 aliphatic heterocycles. The normalized spacial score (nSPS) is 13.6. The van der Waals surface area contributed by atoms with Crippen LogP contribution in [0.5, 0.6) is 0 Å². The van der Waals surface area contributed by atoms with Gasteiger partial charge < -0.3 is 26.8 Å². The van der Waals surface area contributed by atoms with E-state index in [-0.39, 0.29) is 0 Å². The number of hydrogen-bond acceptors (Lipinski definition) is 5. The highest BCUT2D eigenvalue weighted by molar-refractivity contribution is 7.80. The predicted molar refractivity (Wildman–Crippen MR) is 115 cm³/mol. The Kier molecular flexibility index (Phi) is 10.9. The molecular weight excluding hydrogens is 392 g/mol. The predicted octanol–water partition coefficient (Wildman–Crippen LogP) is 0.738. The third-order valence-corrected chi connectivity index (χ3v) is 4.44. The number of carbonyl (C=O) groups is 3. The SMILES string of the molecule is CC(=S)NCCCC[C@H](NC(=O)[C@H](N)Cc1ccccc1)C(=O)N[C@@H](C)C(=O)O. The monoisotopic (exact) mass is 422 g/mol. The van der Waals surface area contributed by atoms with Crippen LogP contribution in [0, 0.1) is 0 Å². The number of nitrogens with two attached hydrogens (primary N) is 1. The third-order valence-electron chi connectivity index (χ3n) is 4.29. The number of carboxylic acid groups (broad SMARTS) is 1. The minimum atomic E-state index is -1.15. The van der Waals surface area contributed by atoms with Gasteiger partial charge >= 0.3 is 5.97 Å². The smallest absolute Gasteiger partial charge is 0.325 e. The maximum atomic E-state index is 12.5. The number of carboxylic acids is 1. The second-order valence-electron chi connectivity index (χ2n) is 6.90. The van der Waals surface area contributed by atoms with E-state index >= 15 is 0 Å². The summed E-state index contributed by atoms with van der Waals surface area (Å²) < 4.78 is 0. The molecule has 0 fully saturated rings. The van der Waals surface area contributed by atoms with E-state index in [1.54, 1.807) is 6.92 Å². The van der Waals surface area contributed by atoms with Gasteiger partial charge in [0.15, 0.2) is 0 Å². The molecule has 1 rings (SSSR count). The van der Waals surface area contributed by atoms with Crippen LogP contribution in [0.15, 0.2) is 30.3 Å². The average Bonchev–Trinajstić information content (AvgIpc) is 2.66. The number of benzene rings is 1. The molecule has 1 aromatic rings. The molecule has 0 heterocycles. The van der Waals surface area contributed by atoms with Gasteiger partial charge in [-0.3, -0.25) is 14.4 Å². The summed E-state index contributed by atoms with van der Waals surface area (Å²) >= 11 is 4.95. The zero-order chi connectivity index (χ0) is 21.8. The van der Waals surface area contributed by atoms with Crippen molar-refractivity contribution in [1.29, 1.82) is 0 Å². The van der Waals surface area contributed by atoms with E-state index in [1.807, 2.05) is 30.3 Å². The lowest BCUT2D eigenvalue weighted by atomic mass is 10.0. The van der Waals surface area contributed by atoms with Crippen molar-refractivity contribution in [2.24, 2.45) is 5.73 Å². The van der Waals surface area contributed by atoms with Crippen LogP contribution in [-0.4, -0.2) is 52.5 Å². The average molecular weight is 423 g/mol. The van der Waals surface area contributed by atoms with Crippen LogP contribution in [0.25, 0.3) is 0 Å². The van der Waals surface area contributed by atoms with Gasteiger partial charge in [-0.05, 0) is 45.1 Å².